The van der Waals surface area contributed by atoms with Crippen LogP contribution < -0.4 is 0 Å². The van der Waals surface area contributed by atoms with Gasteiger partial charge in [-0.15, -0.1) is 0 Å². The fraction of sp³-hybridized carbons (Fsp3) is 0.917. The monoisotopic (exact) mass is 241 g/mol. The van der Waals surface area contributed by atoms with Crippen LogP contribution in [0.15, 0.2) is 0 Å². The number of ether oxygens (including phenoxy) is 2. The van der Waals surface area contributed by atoms with Gasteiger partial charge in [0, 0.05) is 6.42 Å². The molecule has 0 radical (unpaired) electrons. The molecule has 0 bridgehead atoms. The molecule has 16 heavy (non-hydrogen) atoms. The van der Waals surface area contributed by atoms with Gasteiger partial charge in [-0.1, -0.05) is 0 Å². The van der Waals surface area contributed by atoms with E-state index in [1.807, 2.05) is 18.7 Å². The predicted molar refractivity (Wildman–Crippen MR) is 64.1 cm³/mol. The van der Waals surface area contributed by atoms with Gasteiger partial charge >= 0.3 is 0 Å². The van der Waals surface area contributed by atoms with Crippen LogP contribution in [0.5, 0.6) is 0 Å². The second-order valence-corrected chi connectivity index (χ2v) is 5.98. The maximum Gasteiger partial charge on any atom is 0.166 e. The van der Waals surface area contributed by atoms with Crippen molar-refractivity contribution in [1.29, 1.82) is 5.26 Å². The van der Waals surface area contributed by atoms with Crippen LogP contribution in [0.25, 0.3) is 0 Å². The van der Waals surface area contributed by atoms with Crippen LogP contribution >= 0.6 is 11.8 Å². The largest absolute Gasteiger partial charge is 0.347 e. The molecule has 90 valence electrons. The molecular formula is C12H19NO2S. The first kappa shape index (κ1) is 12.2. The Morgan fingerprint density at radius 3 is 3.12 bits per heavy atom. The Kier molecular flexibility index (Phi) is 4.12. The zero-order chi connectivity index (χ0) is 11.4. The lowest BCUT2D eigenvalue weighted by Gasteiger charge is -2.30. The van der Waals surface area contributed by atoms with Gasteiger partial charge in [0.1, 0.15) is 0 Å². The highest BCUT2D eigenvalue weighted by Gasteiger charge is 2.39. The summed E-state index contributed by atoms with van der Waals surface area (Å²) in [6.45, 7) is 2.59. The molecule has 0 saturated carbocycles. The Labute approximate surface area is 101 Å². The van der Waals surface area contributed by atoms with Crippen molar-refractivity contribution in [2.75, 3.05) is 18.1 Å². The highest BCUT2D eigenvalue weighted by atomic mass is 32.2. The van der Waals surface area contributed by atoms with Gasteiger partial charge in [-0.2, -0.15) is 17.0 Å². The van der Waals surface area contributed by atoms with Gasteiger partial charge in [-0.3, -0.25) is 0 Å². The van der Waals surface area contributed by atoms with Gasteiger partial charge in [-0.25, -0.2) is 0 Å². The van der Waals surface area contributed by atoms with Crippen LogP contribution in [0, 0.1) is 17.2 Å². The van der Waals surface area contributed by atoms with E-state index < -0.39 is 5.79 Å². The number of nitrogens with zero attached hydrogens (tertiary/aromatic N) is 1. The zero-order valence-electron chi connectivity index (χ0n) is 9.78. The molecule has 2 aliphatic heterocycles. The summed E-state index contributed by atoms with van der Waals surface area (Å²) < 4.78 is 11.6. The minimum atomic E-state index is -0.440. The van der Waals surface area contributed by atoms with Gasteiger partial charge in [0.15, 0.2) is 5.79 Å². The zero-order valence-corrected chi connectivity index (χ0v) is 10.6. The van der Waals surface area contributed by atoms with Crippen LogP contribution in [0.2, 0.25) is 0 Å². The summed E-state index contributed by atoms with van der Waals surface area (Å²) in [6.07, 6.45) is 3.99. The van der Waals surface area contributed by atoms with Crippen molar-refractivity contribution in [2.24, 2.45) is 5.92 Å². The van der Waals surface area contributed by atoms with Gasteiger partial charge in [0.05, 0.1) is 25.2 Å². The van der Waals surface area contributed by atoms with E-state index in [1.54, 1.807) is 0 Å². The molecule has 2 fully saturated rings. The number of rotatable bonds is 3. The Hall–Kier alpha value is -0.240. The van der Waals surface area contributed by atoms with E-state index in [-0.39, 0.29) is 6.10 Å². The predicted octanol–water partition coefficient (Wildman–Crippen LogP) is 2.56. The van der Waals surface area contributed by atoms with Crippen LogP contribution in [-0.4, -0.2) is 30.0 Å². The van der Waals surface area contributed by atoms with E-state index in [1.165, 1.54) is 24.3 Å². The molecule has 0 aromatic heterocycles. The molecule has 0 aromatic carbocycles. The average Bonchev–Trinajstić information content (AvgIpc) is 2.62. The third-order valence-electron chi connectivity index (χ3n) is 3.22. The number of nitriles is 1. The number of hydrogen-bond acceptors (Lipinski definition) is 4. The first-order valence-corrected chi connectivity index (χ1v) is 7.14. The Morgan fingerprint density at radius 1 is 1.56 bits per heavy atom. The molecule has 2 rings (SSSR count). The summed E-state index contributed by atoms with van der Waals surface area (Å²) in [4.78, 5) is 0. The van der Waals surface area contributed by atoms with E-state index in [4.69, 9.17) is 14.7 Å². The van der Waals surface area contributed by atoms with Crippen molar-refractivity contribution in [1.82, 2.24) is 0 Å². The van der Waals surface area contributed by atoms with Gasteiger partial charge in [-0.05, 0) is 37.2 Å². The highest BCUT2D eigenvalue weighted by molar-refractivity contribution is 7.99. The summed E-state index contributed by atoms with van der Waals surface area (Å²) >= 11 is 2.03. The molecule has 4 heteroatoms. The van der Waals surface area contributed by atoms with Crippen LogP contribution in [0.3, 0.4) is 0 Å². The second-order valence-electron chi connectivity index (χ2n) is 4.83. The molecule has 3 unspecified atom stereocenters. The Bertz CT molecular complexity index is 273. The fourth-order valence-electron chi connectivity index (χ4n) is 2.49. The van der Waals surface area contributed by atoms with Crippen molar-refractivity contribution in [3.05, 3.63) is 0 Å². The average molecular weight is 241 g/mol. The third-order valence-corrected chi connectivity index (χ3v) is 4.51. The smallest absolute Gasteiger partial charge is 0.166 e. The normalized spacial score (nSPS) is 39.5. The quantitative estimate of drug-likeness (QED) is 0.761. The van der Waals surface area contributed by atoms with E-state index in [9.17, 15) is 0 Å². The van der Waals surface area contributed by atoms with E-state index >= 15 is 0 Å². The summed E-state index contributed by atoms with van der Waals surface area (Å²) in [6, 6.07) is 2.14. The van der Waals surface area contributed by atoms with Crippen molar-refractivity contribution in [2.45, 2.75) is 44.5 Å². The summed E-state index contributed by atoms with van der Waals surface area (Å²) in [7, 11) is 0. The maximum absolute atomic E-state index is 8.63. The molecule has 0 amide bonds. The molecule has 2 heterocycles. The van der Waals surface area contributed by atoms with Crippen molar-refractivity contribution in [3.8, 4) is 6.07 Å². The SMILES string of the molecule is CC1(CC2CCCSC2)OCC(CC#N)O1. The molecule has 0 spiro atoms. The standard InChI is InChI=1S/C12H19NO2S/c1-12(7-10-3-2-6-16-9-10)14-8-11(15-12)4-5-13/h10-11H,2-4,6-9H2,1H3. The Balaban J connectivity index is 1.82. The minimum absolute atomic E-state index is 0.0220. The van der Waals surface area contributed by atoms with Crippen molar-refractivity contribution >= 4 is 11.8 Å². The summed E-state index contributed by atoms with van der Waals surface area (Å²) in [5, 5.41) is 8.63. The lowest BCUT2D eigenvalue weighted by molar-refractivity contribution is -0.164. The topological polar surface area (TPSA) is 42.2 Å². The Morgan fingerprint density at radius 2 is 2.44 bits per heavy atom. The highest BCUT2D eigenvalue weighted by Crippen LogP contribution is 2.35. The molecule has 0 aliphatic carbocycles. The van der Waals surface area contributed by atoms with Crippen LogP contribution in [-0.2, 0) is 9.47 Å². The second kappa shape index (κ2) is 5.39. The van der Waals surface area contributed by atoms with Crippen molar-refractivity contribution < 1.29 is 9.47 Å². The van der Waals surface area contributed by atoms with Gasteiger partial charge < -0.3 is 9.47 Å². The molecular weight excluding hydrogens is 222 g/mol. The molecule has 2 aliphatic rings. The van der Waals surface area contributed by atoms with Gasteiger partial charge in [0.2, 0.25) is 0 Å². The molecule has 0 N–H and O–H groups in total. The summed E-state index contributed by atoms with van der Waals surface area (Å²) in [5.41, 5.74) is 0. The molecule has 3 atom stereocenters. The van der Waals surface area contributed by atoms with Crippen molar-refractivity contribution in [3.63, 3.8) is 0 Å². The molecule has 0 aromatic rings. The van der Waals surface area contributed by atoms with Crippen LogP contribution in [0.1, 0.15) is 32.6 Å². The summed E-state index contributed by atoms with van der Waals surface area (Å²) in [5.74, 6) is 2.80. The van der Waals surface area contributed by atoms with E-state index in [0.717, 1.165) is 6.42 Å². The van der Waals surface area contributed by atoms with E-state index in [2.05, 4.69) is 6.07 Å². The maximum atomic E-state index is 8.63. The lowest BCUT2D eigenvalue weighted by atomic mass is 9.97. The van der Waals surface area contributed by atoms with Gasteiger partial charge in [0.25, 0.3) is 0 Å². The number of thioether (sulfide) groups is 1. The molecule has 3 nitrogen and oxygen atoms in total. The fourth-order valence-corrected chi connectivity index (χ4v) is 3.65. The first-order valence-electron chi connectivity index (χ1n) is 5.98. The minimum Gasteiger partial charge on any atom is -0.347 e. The van der Waals surface area contributed by atoms with Crippen LogP contribution in [0.4, 0.5) is 0 Å². The lowest BCUT2D eigenvalue weighted by Crippen LogP contribution is -2.31. The first-order chi connectivity index (χ1) is 7.72. The third kappa shape index (κ3) is 3.13. The number of hydrogen-bond donors (Lipinski definition) is 0. The van der Waals surface area contributed by atoms with E-state index in [0.29, 0.717) is 18.9 Å². The molecule has 2 saturated heterocycles.